The summed E-state index contributed by atoms with van der Waals surface area (Å²) in [5, 5.41) is 3.52. The van der Waals surface area contributed by atoms with E-state index in [0.29, 0.717) is 12.8 Å². The number of ether oxygens (including phenoxy) is 2. The summed E-state index contributed by atoms with van der Waals surface area (Å²) in [4.78, 5) is 0. The molecule has 1 heterocycles. The summed E-state index contributed by atoms with van der Waals surface area (Å²) in [7, 11) is 0. The smallest absolute Gasteiger partial charge is 0.231 e. The van der Waals surface area contributed by atoms with E-state index in [4.69, 9.17) is 9.47 Å². The zero-order chi connectivity index (χ0) is 11.0. The van der Waals surface area contributed by atoms with E-state index in [1.165, 1.54) is 17.5 Å². The van der Waals surface area contributed by atoms with E-state index in [-0.39, 0.29) is 0 Å². The fourth-order valence-corrected chi connectivity index (χ4v) is 2.61. The molecule has 16 heavy (non-hydrogen) atoms. The van der Waals surface area contributed by atoms with Gasteiger partial charge in [0, 0.05) is 6.04 Å². The normalized spacial score (nSPS) is 21.9. The molecule has 0 radical (unpaired) electrons. The maximum absolute atomic E-state index is 5.42. The quantitative estimate of drug-likeness (QED) is 0.824. The number of nitrogens with one attached hydrogen (secondary N) is 1. The topological polar surface area (TPSA) is 30.5 Å². The van der Waals surface area contributed by atoms with Crippen molar-refractivity contribution in [1.29, 1.82) is 0 Å². The van der Waals surface area contributed by atoms with Crippen molar-refractivity contribution in [2.24, 2.45) is 0 Å². The van der Waals surface area contributed by atoms with Crippen LogP contribution in [0.1, 0.15) is 24.5 Å². The highest BCUT2D eigenvalue weighted by Gasteiger charge is 2.22. The average molecular weight is 219 g/mol. The molecule has 1 aromatic rings. The van der Waals surface area contributed by atoms with Gasteiger partial charge in [-0.2, -0.15) is 0 Å². The van der Waals surface area contributed by atoms with Crippen molar-refractivity contribution in [1.82, 2.24) is 5.32 Å². The Bertz CT molecular complexity index is 403. The van der Waals surface area contributed by atoms with Gasteiger partial charge in [0.25, 0.3) is 0 Å². The summed E-state index contributed by atoms with van der Waals surface area (Å²) in [6.45, 7) is 3.58. The van der Waals surface area contributed by atoms with Crippen molar-refractivity contribution < 1.29 is 9.47 Å². The zero-order valence-electron chi connectivity index (χ0n) is 9.58. The van der Waals surface area contributed by atoms with Crippen molar-refractivity contribution in [3.63, 3.8) is 0 Å². The lowest BCUT2D eigenvalue weighted by Crippen LogP contribution is -2.34. The molecule has 3 rings (SSSR count). The molecule has 0 amide bonds. The van der Waals surface area contributed by atoms with Gasteiger partial charge >= 0.3 is 0 Å². The van der Waals surface area contributed by atoms with Gasteiger partial charge in [-0.3, -0.25) is 0 Å². The molecule has 0 bridgehead atoms. The van der Waals surface area contributed by atoms with Gasteiger partial charge in [0.1, 0.15) is 0 Å². The van der Waals surface area contributed by atoms with E-state index in [2.05, 4.69) is 24.4 Å². The van der Waals surface area contributed by atoms with Gasteiger partial charge in [0.15, 0.2) is 11.5 Å². The van der Waals surface area contributed by atoms with Crippen LogP contribution in [0.3, 0.4) is 0 Å². The first-order chi connectivity index (χ1) is 7.86. The Morgan fingerprint density at radius 2 is 2.00 bits per heavy atom. The standard InChI is InChI=1S/C13H17NO2/c1-2-14-11-4-3-9-6-12-13(16-8-15-12)7-10(9)5-11/h6-7,11,14H,2-5,8H2,1H3/t11-/m1/s1. The fraction of sp³-hybridized carbons (Fsp3) is 0.538. The van der Waals surface area contributed by atoms with Crippen LogP contribution in [0.2, 0.25) is 0 Å². The summed E-state index contributed by atoms with van der Waals surface area (Å²) in [5.74, 6) is 1.83. The van der Waals surface area contributed by atoms with Gasteiger partial charge in [-0.05, 0) is 49.1 Å². The van der Waals surface area contributed by atoms with Crippen LogP contribution >= 0.6 is 0 Å². The van der Waals surface area contributed by atoms with Crippen LogP contribution in [0.15, 0.2) is 12.1 Å². The minimum Gasteiger partial charge on any atom is -0.454 e. The summed E-state index contributed by atoms with van der Waals surface area (Å²) in [5.41, 5.74) is 2.85. The Balaban J connectivity index is 1.87. The maximum atomic E-state index is 5.42. The number of rotatable bonds is 2. The van der Waals surface area contributed by atoms with E-state index < -0.39 is 0 Å². The Hall–Kier alpha value is -1.22. The summed E-state index contributed by atoms with van der Waals surface area (Å²) >= 11 is 0. The predicted molar refractivity (Wildman–Crippen MR) is 62.1 cm³/mol. The van der Waals surface area contributed by atoms with Crippen LogP contribution in [0, 0.1) is 0 Å². The second-order valence-electron chi connectivity index (χ2n) is 4.47. The van der Waals surface area contributed by atoms with E-state index >= 15 is 0 Å². The number of aryl methyl sites for hydroxylation is 1. The lowest BCUT2D eigenvalue weighted by Gasteiger charge is -2.25. The summed E-state index contributed by atoms with van der Waals surface area (Å²) in [6, 6.07) is 4.93. The van der Waals surface area contributed by atoms with Crippen molar-refractivity contribution >= 4 is 0 Å². The molecule has 1 atom stereocenters. The minimum atomic E-state index is 0.370. The van der Waals surface area contributed by atoms with Crippen molar-refractivity contribution in [3.05, 3.63) is 23.3 Å². The Morgan fingerprint density at radius 1 is 1.25 bits per heavy atom. The van der Waals surface area contributed by atoms with Crippen LogP contribution < -0.4 is 14.8 Å². The molecular formula is C13H17NO2. The molecule has 0 saturated heterocycles. The van der Waals surface area contributed by atoms with Crippen molar-refractivity contribution in [2.75, 3.05) is 13.3 Å². The molecule has 0 fully saturated rings. The van der Waals surface area contributed by atoms with Gasteiger partial charge in [-0.1, -0.05) is 6.92 Å². The third-order valence-electron chi connectivity index (χ3n) is 3.42. The number of fused-ring (bicyclic) bond motifs is 2. The largest absolute Gasteiger partial charge is 0.454 e. The molecule has 3 nitrogen and oxygen atoms in total. The third kappa shape index (κ3) is 1.65. The van der Waals surface area contributed by atoms with Gasteiger partial charge in [-0.15, -0.1) is 0 Å². The molecule has 0 saturated carbocycles. The second-order valence-corrected chi connectivity index (χ2v) is 4.47. The second kappa shape index (κ2) is 3.98. The monoisotopic (exact) mass is 219 g/mol. The highest BCUT2D eigenvalue weighted by atomic mass is 16.7. The number of benzene rings is 1. The zero-order valence-corrected chi connectivity index (χ0v) is 9.58. The van der Waals surface area contributed by atoms with Gasteiger partial charge in [-0.25, -0.2) is 0 Å². The van der Waals surface area contributed by atoms with Gasteiger partial charge in [0.05, 0.1) is 0 Å². The van der Waals surface area contributed by atoms with Crippen molar-refractivity contribution in [2.45, 2.75) is 32.2 Å². The number of hydrogen-bond acceptors (Lipinski definition) is 3. The lowest BCUT2D eigenvalue weighted by molar-refractivity contribution is 0.174. The van der Waals surface area contributed by atoms with Gasteiger partial charge in [0.2, 0.25) is 6.79 Å². The molecule has 1 aromatic carbocycles. The SMILES string of the molecule is CCN[C@@H]1CCc2cc3c(cc2C1)OCO3. The first-order valence-electron chi connectivity index (χ1n) is 6.01. The molecule has 1 N–H and O–H groups in total. The van der Waals surface area contributed by atoms with Crippen LogP contribution in [-0.2, 0) is 12.8 Å². The van der Waals surface area contributed by atoms with Crippen LogP contribution in [0.5, 0.6) is 11.5 Å². The Labute approximate surface area is 95.8 Å². The Kier molecular flexibility index (Phi) is 2.48. The van der Waals surface area contributed by atoms with Crippen LogP contribution in [-0.4, -0.2) is 19.4 Å². The minimum absolute atomic E-state index is 0.370. The molecule has 0 spiro atoms. The third-order valence-corrected chi connectivity index (χ3v) is 3.42. The molecule has 0 aromatic heterocycles. The molecule has 1 aliphatic heterocycles. The predicted octanol–water partition coefficient (Wildman–Crippen LogP) is 1.88. The first kappa shape index (κ1) is 9.97. The first-order valence-corrected chi connectivity index (χ1v) is 6.01. The van der Waals surface area contributed by atoms with E-state index in [1.54, 1.807) is 0 Å². The average Bonchev–Trinajstić information content (AvgIpc) is 2.73. The molecule has 0 unspecified atom stereocenters. The molecule has 86 valence electrons. The molecule has 3 heteroatoms. The fourth-order valence-electron chi connectivity index (χ4n) is 2.61. The lowest BCUT2D eigenvalue weighted by atomic mass is 9.88. The molecule has 2 aliphatic rings. The van der Waals surface area contributed by atoms with Crippen molar-refractivity contribution in [3.8, 4) is 11.5 Å². The highest BCUT2D eigenvalue weighted by molar-refractivity contribution is 5.49. The molecule has 1 aliphatic carbocycles. The summed E-state index contributed by atoms with van der Waals surface area (Å²) in [6.07, 6.45) is 3.48. The van der Waals surface area contributed by atoms with Crippen LogP contribution in [0.4, 0.5) is 0 Å². The number of likely N-dealkylation sites (N-methyl/N-ethyl adjacent to an activating group) is 1. The van der Waals surface area contributed by atoms with Crippen LogP contribution in [0.25, 0.3) is 0 Å². The van der Waals surface area contributed by atoms with E-state index in [1.807, 2.05) is 0 Å². The highest BCUT2D eigenvalue weighted by Crippen LogP contribution is 2.37. The summed E-state index contributed by atoms with van der Waals surface area (Å²) < 4.78 is 10.8. The van der Waals surface area contributed by atoms with E-state index in [0.717, 1.165) is 30.9 Å². The van der Waals surface area contributed by atoms with E-state index in [9.17, 15) is 0 Å². The van der Waals surface area contributed by atoms with Gasteiger partial charge < -0.3 is 14.8 Å². The number of hydrogen-bond donors (Lipinski definition) is 1. The maximum Gasteiger partial charge on any atom is 0.231 e. The Morgan fingerprint density at radius 3 is 2.75 bits per heavy atom. The molecular weight excluding hydrogens is 202 g/mol.